The van der Waals surface area contributed by atoms with Crippen molar-refractivity contribution in [1.82, 2.24) is 0 Å². The first kappa shape index (κ1) is 17.3. The lowest BCUT2D eigenvalue weighted by atomic mass is 9.88. The highest BCUT2D eigenvalue weighted by molar-refractivity contribution is 5.62. The fourth-order valence-corrected chi connectivity index (χ4v) is 2.99. The van der Waals surface area contributed by atoms with Crippen LogP contribution in [0.25, 0.3) is 6.08 Å². The van der Waals surface area contributed by atoms with Gasteiger partial charge in [-0.2, -0.15) is 0 Å². The molecule has 25 heavy (non-hydrogen) atoms. The Morgan fingerprint density at radius 1 is 0.920 bits per heavy atom. The van der Waals surface area contributed by atoms with E-state index in [4.69, 9.17) is 0 Å². The Labute approximate surface area is 144 Å². The molecule has 0 unspecified atom stereocenters. The van der Waals surface area contributed by atoms with Gasteiger partial charge in [0.15, 0.2) is 17.5 Å². The molecule has 0 amide bonds. The van der Waals surface area contributed by atoms with Crippen molar-refractivity contribution < 1.29 is 17.6 Å². The highest BCUT2D eigenvalue weighted by Gasteiger charge is 2.16. The average molecular weight is 344 g/mol. The maximum absolute atomic E-state index is 14.7. The zero-order chi connectivity index (χ0) is 18.0. The summed E-state index contributed by atoms with van der Waals surface area (Å²) in [5.41, 5.74) is 2.90. The van der Waals surface area contributed by atoms with E-state index in [2.05, 4.69) is 18.8 Å². The molecule has 0 spiro atoms. The van der Waals surface area contributed by atoms with Crippen LogP contribution in [-0.2, 0) is 6.42 Å². The Bertz CT molecular complexity index is 890. The van der Waals surface area contributed by atoms with E-state index in [1.807, 2.05) is 12.1 Å². The van der Waals surface area contributed by atoms with Crippen LogP contribution < -0.4 is 0 Å². The molecule has 2 aromatic carbocycles. The first-order valence-electron chi connectivity index (χ1n) is 8.17. The molecule has 1 aliphatic carbocycles. The van der Waals surface area contributed by atoms with Crippen LogP contribution >= 0.6 is 0 Å². The van der Waals surface area contributed by atoms with Crippen LogP contribution in [-0.4, -0.2) is 0 Å². The van der Waals surface area contributed by atoms with E-state index >= 15 is 0 Å². The highest BCUT2D eigenvalue weighted by atomic mass is 19.2. The topological polar surface area (TPSA) is 0 Å². The van der Waals surface area contributed by atoms with Crippen LogP contribution in [0, 0.1) is 35.1 Å². The molecular formula is C21H16F4. The first-order chi connectivity index (χ1) is 12.0. The molecule has 0 aliphatic heterocycles. The van der Waals surface area contributed by atoms with Crippen molar-refractivity contribution in [2.24, 2.45) is 0 Å². The molecule has 0 heterocycles. The van der Waals surface area contributed by atoms with Gasteiger partial charge in [0.25, 0.3) is 0 Å². The third-order valence-electron chi connectivity index (χ3n) is 4.23. The van der Waals surface area contributed by atoms with Gasteiger partial charge in [0, 0.05) is 5.56 Å². The van der Waals surface area contributed by atoms with Crippen molar-refractivity contribution in [2.45, 2.75) is 32.6 Å². The van der Waals surface area contributed by atoms with Crippen LogP contribution in [0.5, 0.6) is 0 Å². The molecule has 0 bridgehead atoms. The molecule has 0 fully saturated rings. The van der Waals surface area contributed by atoms with Gasteiger partial charge in [-0.05, 0) is 48.6 Å². The van der Waals surface area contributed by atoms with Crippen molar-refractivity contribution in [3.05, 3.63) is 75.4 Å². The lowest BCUT2D eigenvalue weighted by Crippen LogP contribution is -2.04. The minimum Gasteiger partial charge on any atom is -0.205 e. The maximum Gasteiger partial charge on any atom is 0.194 e. The van der Waals surface area contributed by atoms with E-state index in [1.54, 1.807) is 6.07 Å². The maximum atomic E-state index is 14.7. The molecule has 0 saturated carbocycles. The minimum atomic E-state index is -1.54. The average Bonchev–Trinajstić information content (AvgIpc) is 2.59. The molecule has 0 atom stereocenters. The second kappa shape index (κ2) is 7.14. The smallest absolute Gasteiger partial charge is 0.194 e. The van der Waals surface area contributed by atoms with Gasteiger partial charge in [0.2, 0.25) is 0 Å². The van der Waals surface area contributed by atoms with Gasteiger partial charge in [0.1, 0.15) is 5.82 Å². The van der Waals surface area contributed by atoms with E-state index in [0.717, 1.165) is 37.0 Å². The summed E-state index contributed by atoms with van der Waals surface area (Å²) in [5, 5.41) is 0. The molecule has 4 heteroatoms. The van der Waals surface area contributed by atoms with Crippen LogP contribution in [0.2, 0.25) is 0 Å². The molecule has 0 radical (unpaired) electrons. The Balaban J connectivity index is 1.94. The van der Waals surface area contributed by atoms with Crippen LogP contribution in [0.4, 0.5) is 17.6 Å². The monoisotopic (exact) mass is 344 g/mol. The Kier molecular flexibility index (Phi) is 4.94. The van der Waals surface area contributed by atoms with Crippen LogP contribution in [0.15, 0.2) is 29.8 Å². The summed E-state index contributed by atoms with van der Waals surface area (Å²) in [5.74, 6) is 0.506. The second-order valence-corrected chi connectivity index (χ2v) is 6.05. The van der Waals surface area contributed by atoms with E-state index in [-0.39, 0.29) is 11.1 Å². The number of fused-ring (bicyclic) bond motifs is 1. The second-order valence-electron chi connectivity index (χ2n) is 6.05. The number of benzene rings is 2. The van der Waals surface area contributed by atoms with Crippen molar-refractivity contribution in [3.63, 3.8) is 0 Å². The largest absolute Gasteiger partial charge is 0.205 e. The number of rotatable bonds is 2. The molecule has 2 aromatic rings. The molecule has 0 nitrogen and oxygen atoms in total. The minimum absolute atomic E-state index is 0.0429. The van der Waals surface area contributed by atoms with E-state index < -0.39 is 23.3 Å². The predicted octanol–water partition coefficient (Wildman–Crippen LogP) is 5.77. The molecule has 3 rings (SSSR count). The van der Waals surface area contributed by atoms with E-state index in [9.17, 15) is 17.6 Å². The molecule has 0 saturated heterocycles. The van der Waals surface area contributed by atoms with Crippen LogP contribution in [0.1, 0.15) is 48.4 Å². The number of allylic oxidation sites excluding steroid dienone is 1. The van der Waals surface area contributed by atoms with Gasteiger partial charge < -0.3 is 0 Å². The van der Waals surface area contributed by atoms with E-state index in [1.165, 1.54) is 5.57 Å². The summed E-state index contributed by atoms with van der Waals surface area (Å²) in [6, 6.07) is 4.95. The number of hydrogen-bond donors (Lipinski definition) is 0. The summed E-state index contributed by atoms with van der Waals surface area (Å²) < 4.78 is 54.0. The van der Waals surface area contributed by atoms with Crippen molar-refractivity contribution in [3.8, 4) is 11.8 Å². The SMILES string of the molecule is CCCC1=Cc2ccc(C#Cc3cc(F)c(F)c(F)c3)c(F)c2CC1. The van der Waals surface area contributed by atoms with Crippen molar-refractivity contribution in [1.29, 1.82) is 0 Å². The summed E-state index contributed by atoms with van der Waals surface area (Å²) in [6.07, 6.45) is 5.51. The molecule has 0 N–H and O–H groups in total. The summed E-state index contributed by atoms with van der Waals surface area (Å²) in [6.45, 7) is 2.11. The zero-order valence-electron chi connectivity index (χ0n) is 13.7. The molecule has 128 valence electrons. The van der Waals surface area contributed by atoms with Gasteiger partial charge in [-0.3, -0.25) is 0 Å². The summed E-state index contributed by atoms with van der Waals surface area (Å²) >= 11 is 0. The number of halogens is 4. The van der Waals surface area contributed by atoms with E-state index in [0.29, 0.717) is 12.0 Å². The number of hydrogen-bond acceptors (Lipinski definition) is 0. The normalized spacial score (nSPS) is 12.9. The van der Waals surface area contributed by atoms with Gasteiger partial charge in [-0.15, -0.1) is 0 Å². The van der Waals surface area contributed by atoms with Gasteiger partial charge in [0.05, 0.1) is 5.56 Å². The summed E-state index contributed by atoms with van der Waals surface area (Å²) in [4.78, 5) is 0. The standard InChI is InChI=1S/C21H16F4/c1-2-3-13-5-9-17-16(10-13)8-7-15(20(17)24)6-4-14-11-18(22)21(25)19(23)12-14/h7-8,10-12H,2-3,5,9H2,1H3. The Hall–Kier alpha value is -2.54. The fourth-order valence-electron chi connectivity index (χ4n) is 2.99. The van der Waals surface area contributed by atoms with Gasteiger partial charge >= 0.3 is 0 Å². The van der Waals surface area contributed by atoms with Crippen molar-refractivity contribution >= 4 is 6.08 Å². The third-order valence-corrected chi connectivity index (χ3v) is 4.23. The quantitative estimate of drug-likeness (QED) is 0.368. The highest BCUT2D eigenvalue weighted by Crippen LogP contribution is 2.29. The fraction of sp³-hybridized carbons (Fsp3) is 0.238. The third kappa shape index (κ3) is 3.61. The molecule has 1 aliphatic rings. The predicted molar refractivity (Wildman–Crippen MR) is 89.9 cm³/mol. The van der Waals surface area contributed by atoms with Crippen LogP contribution in [0.3, 0.4) is 0 Å². The van der Waals surface area contributed by atoms with Gasteiger partial charge in [-0.25, -0.2) is 17.6 Å². The van der Waals surface area contributed by atoms with Gasteiger partial charge in [-0.1, -0.05) is 42.9 Å². The molecule has 0 aromatic heterocycles. The lowest BCUT2D eigenvalue weighted by molar-refractivity contribution is 0.446. The molecular weight excluding hydrogens is 328 g/mol. The Morgan fingerprint density at radius 3 is 2.32 bits per heavy atom. The Morgan fingerprint density at radius 2 is 1.64 bits per heavy atom. The first-order valence-corrected chi connectivity index (χ1v) is 8.17. The van der Waals surface area contributed by atoms with Crippen molar-refractivity contribution in [2.75, 3.05) is 0 Å². The lowest BCUT2D eigenvalue weighted by Gasteiger charge is -2.17. The zero-order valence-corrected chi connectivity index (χ0v) is 13.7. The summed E-state index contributed by atoms with van der Waals surface area (Å²) in [7, 11) is 0.